The van der Waals surface area contributed by atoms with Crippen LogP contribution in [-0.4, -0.2) is 6.61 Å². The van der Waals surface area contributed by atoms with Crippen LogP contribution in [0.3, 0.4) is 0 Å². The molecule has 2 aliphatic rings. The van der Waals surface area contributed by atoms with Crippen LogP contribution in [0.4, 0.5) is 0 Å². The minimum Gasteiger partial charge on any atom is -0.342 e. The Morgan fingerprint density at radius 2 is 2.38 bits per heavy atom. The molecule has 0 bridgehead atoms. The van der Waals surface area contributed by atoms with Gasteiger partial charge >= 0.3 is 0 Å². The Kier molecular flexibility index (Phi) is 0.815. The second kappa shape index (κ2) is 1.49. The maximum absolute atomic E-state index is 4.84. The van der Waals surface area contributed by atoms with Gasteiger partial charge < -0.3 is 4.89 Å². The Morgan fingerprint density at radius 3 is 2.88 bits per heavy atom. The molecule has 1 heterocycles. The van der Waals surface area contributed by atoms with Crippen molar-refractivity contribution in [2.75, 3.05) is 6.61 Å². The van der Waals surface area contributed by atoms with Crippen LogP contribution in [0.2, 0.25) is 0 Å². The predicted octanol–water partition coefficient (Wildman–Crippen LogP) is 1.24. The summed E-state index contributed by atoms with van der Waals surface area (Å²) in [6.07, 6.45) is 4.59. The number of rotatable bonds is 1. The molecule has 0 radical (unpaired) electrons. The molecular weight excluding hydrogens is 104 g/mol. The highest BCUT2D eigenvalue weighted by Gasteiger charge is 2.30. The van der Waals surface area contributed by atoms with Gasteiger partial charge in [-0.2, -0.15) is 4.89 Å². The van der Waals surface area contributed by atoms with Crippen LogP contribution in [0.25, 0.3) is 0 Å². The van der Waals surface area contributed by atoms with Gasteiger partial charge in [-0.3, -0.25) is 0 Å². The molecule has 0 atom stereocenters. The van der Waals surface area contributed by atoms with Gasteiger partial charge in [-0.25, -0.2) is 0 Å². The molecule has 0 unspecified atom stereocenters. The van der Waals surface area contributed by atoms with Crippen molar-refractivity contribution in [1.29, 1.82) is 0 Å². The minimum atomic E-state index is 0.645. The van der Waals surface area contributed by atoms with E-state index in [2.05, 4.69) is 4.89 Å². The Balaban J connectivity index is 2.02. The van der Waals surface area contributed by atoms with E-state index in [9.17, 15) is 0 Å². The van der Waals surface area contributed by atoms with Gasteiger partial charge in [0.2, 0.25) is 0 Å². The van der Waals surface area contributed by atoms with Crippen LogP contribution in [0.5, 0.6) is 0 Å². The third-order valence-electron chi connectivity index (χ3n) is 1.49. The maximum Gasteiger partial charge on any atom is 0.144 e. The van der Waals surface area contributed by atoms with Gasteiger partial charge in [-0.15, -0.1) is 0 Å². The van der Waals surface area contributed by atoms with Crippen LogP contribution in [0, 0.1) is 5.92 Å². The highest BCUT2D eigenvalue weighted by molar-refractivity contribution is 5.06. The number of hydrogen-bond acceptors (Lipinski definition) is 2. The number of allylic oxidation sites excluding steroid dienone is 1. The molecule has 0 N–H and O–H groups in total. The van der Waals surface area contributed by atoms with Crippen LogP contribution in [-0.2, 0) is 9.78 Å². The van der Waals surface area contributed by atoms with E-state index < -0.39 is 0 Å². The van der Waals surface area contributed by atoms with Gasteiger partial charge in [0.1, 0.15) is 12.4 Å². The quantitative estimate of drug-likeness (QED) is 0.475. The number of hydrogen-bond donors (Lipinski definition) is 0. The molecule has 0 saturated heterocycles. The summed E-state index contributed by atoms with van der Waals surface area (Å²) >= 11 is 0. The first-order valence-corrected chi connectivity index (χ1v) is 2.96. The molecule has 0 spiro atoms. The molecule has 1 fully saturated rings. The van der Waals surface area contributed by atoms with Crippen molar-refractivity contribution >= 4 is 0 Å². The summed E-state index contributed by atoms with van der Waals surface area (Å²) in [4.78, 5) is 9.50. The van der Waals surface area contributed by atoms with E-state index in [4.69, 9.17) is 4.89 Å². The fraction of sp³-hybridized carbons (Fsp3) is 0.667. The first kappa shape index (κ1) is 4.39. The summed E-state index contributed by atoms with van der Waals surface area (Å²) in [5.41, 5.74) is 0. The van der Waals surface area contributed by atoms with Crippen molar-refractivity contribution in [2.45, 2.75) is 12.8 Å². The van der Waals surface area contributed by atoms with Gasteiger partial charge in [0.25, 0.3) is 0 Å². The molecule has 0 aromatic rings. The normalized spacial score (nSPS) is 27.2. The monoisotopic (exact) mass is 112 g/mol. The van der Waals surface area contributed by atoms with E-state index >= 15 is 0 Å². The van der Waals surface area contributed by atoms with Crippen LogP contribution in [0.15, 0.2) is 11.8 Å². The maximum atomic E-state index is 4.84. The summed E-state index contributed by atoms with van der Waals surface area (Å²) in [6, 6.07) is 0. The second-order valence-corrected chi connectivity index (χ2v) is 2.25. The molecule has 1 saturated carbocycles. The third kappa shape index (κ3) is 0.611. The van der Waals surface area contributed by atoms with Crippen molar-refractivity contribution in [3.8, 4) is 0 Å². The van der Waals surface area contributed by atoms with E-state index in [1.807, 2.05) is 6.08 Å². The van der Waals surface area contributed by atoms with Crippen LogP contribution >= 0.6 is 0 Å². The summed E-state index contributed by atoms with van der Waals surface area (Å²) < 4.78 is 0. The van der Waals surface area contributed by atoms with Gasteiger partial charge in [0, 0.05) is 5.92 Å². The lowest BCUT2D eigenvalue weighted by Crippen LogP contribution is -1.83. The van der Waals surface area contributed by atoms with Gasteiger partial charge in [-0.05, 0) is 18.9 Å². The molecule has 2 rings (SSSR count). The predicted molar refractivity (Wildman–Crippen MR) is 27.8 cm³/mol. The van der Waals surface area contributed by atoms with Gasteiger partial charge in [0.05, 0.1) is 0 Å². The summed E-state index contributed by atoms with van der Waals surface area (Å²) in [6.45, 7) is 0.645. The second-order valence-electron chi connectivity index (χ2n) is 2.25. The fourth-order valence-corrected chi connectivity index (χ4v) is 0.855. The molecular formula is C6H8O2. The third-order valence-corrected chi connectivity index (χ3v) is 1.49. The summed E-state index contributed by atoms with van der Waals surface area (Å²) in [5, 5.41) is 0. The lowest BCUT2D eigenvalue weighted by molar-refractivity contribution is -0.237. The SMILES string of the molecule is C1=C(C2CC2)OOC1. The van der Waals surface area contributed by atoms with Gasteiger partial charge in [-0.1, -0.05) is 0 Å². The molecule has 2 nitrogen and oxygen atoms in total. The molecule has 44 valence electrons. The van der Waals surface area contributed by atoms with Crippen molar-refractivity contribution in [1.82, 2.24) is 0 Å². The minimum absolute atomic E-state index is 0.645. The van der Waals surface area contributed by atoms with Crippen molar-refractivity contribution < 1.29 is 9.78 Å². The topological polar surface area (TPSA) is 18.5 Å². The van der Waals surface area contributed by atoms with E-state index in [1.54, 1.807) is 0 Å². The molecule has 0 aromatic carbocycles. The Hall–Kier alpha value is -0.500. The standard InChI is InChI=1S/C6H8O2/c1-2-5(1)6-3-4-7-8-6/h3,5H,1-2,4H2. The average Bonchev–Trinajstić information content (AvgIpc) is 2.49. The van der Waals surface area contributed by atoms with Crippen molar-refractivity contribution in [3.63, 3.8) is 0 Å². The molecule has 1 aliphatic carbocycles. The zero-order valence-corrected chi connectivity index (χ0v) is 4.59. The Labute approximate surface area is 48.0 Å². The molecule has 0 aromatic heterocycles. The molecule has 0 amide bonds. The van der Waals surface area contributed by atoms with E-state index in [1.165, 1.54) is 12.8 Å². The highest BCUT2D eigenvalue weighted by atomic mass is 17.2. The Bertz CT molecular complexity index is 124. The molecule has 2 heteroatoms. The largest absolute Gasteiger partial charge is 0.342 e. The van der Waals surface area contributed by atoms with Crippen LogP contribution in [0.1, 0.15) is 12.8 Å². The zero-order valence-electron chi connectivity index (χ0n) is 4.59. The van der Waals surface area contributed by atoms with E-state index in [0.717, 1.165) is 5.76 Å². The summed E-state index contributed by atoms with van der Waals surface area (Å²) in [5.74, 6) is 1.77. The fourth-order valence-electron chi connectivity index (χ4n) is 0.855. The lowest BCUT2D eigenvalue weighted by Gasteiger charge is -1.94. The van der Waals surface area contributed by atoms with Crippen molar-refractivity contribution in [2.24, 2.45) is 5.92 Å². The summed E-state index contributed by atoms with van der Waals surface area (Å²) in [7, 11) is 0. The highest BCUT2D eigenvalue weighted by Crippen LogP contribution is 2.38. The van der Waals surface area contributed by atoms with Crippen molar-refractivity contribution in [3.05, 3.63) is 11.8 Å². The first-order valence-electron chi connectivity index (χ1n) is 2.96. The molecule has 1 aliphatic heterocycles. The van der Waals surface area contributed by atoms with E-state index in [-0.39, 0.29) is 0 Å². The van der Waals surface area contributed by atoms with Crippen LogP contribution < -0.4 is 0 Å². The smallest absolute Gasteiger partial charge is 0.144 e. The zero-order chi connectivity index (χ0) is 5.40. The van der Waals surface area contributed by atoms with E-state index in [0.29, 0.717) is 12.5 Å². The lowest BCUT2D eigenvalue weighted by atomic mass is 10.3. The average molecular weight is 112 g/mol. The van der Waals surface area contributed by atoms with Gasteiger partial charge in [0.15, 0.2) is 0 Å². The molecule has 8 heavy (non-hydrogen) atoms. The first-order chi connectivity index (χ1) is 3.97. The Morgan fingerprint density at radius 1 is 1.50 bits per heavy atom.